The highest BCUT2D eigenvalue weighted by Crippen LogP contribution is 2.33. The Kier molecular flexibility index (Phi) is 5.64. The van der Waals surface area contributed by atoms with E-state index in [-0.39, 0.29) is 16.4 Å². The molecule has 0 unspecified atom stereocenters. The lowest BCUT2D eigenvalue weighted by Crippen LogP contribution is -2.31. The molecule has 0 atom stereocenters. The van der Waals surface area contributed by atoms with Gasteiger partial charge in [-0.05, 0) is 11.6 Å². The zero-order valence-electron chi connectivity index (χ0n) is 13.3. The topological polar surface area (TPSA) is 81.1 Å². The molecular weight excluding hydrogens is 383 g/mol. The highest BCUT2D eigenvalue weighted by atomic mass is 32.2. The van der Waals surface area contributed by atoms with Crippen molar-refractivity contribution in [2.24, 2.45) is 11.6 Å². The van der Waals surface area contributed by atoms with Crippen LogP contribution in [0.4, 0.5) is 13.2 Å². The smallest absolute Gasteiger partial charge is 0.291 e. The van der Waals surface area contributed by atoms with E-state index in [1.165, 1.54) is 17.8 Å². The molecule has 1 aliphatic rings. The molecule has 4 N–H and O–H groups in total. The first kappa shape index (κ1) is 18.5. The second kappa shape index (κ2) is 7.94. The zero-order valence-corrected chi connectivity index (χ0v) is 14.9. The number of hydrogen-bond acceptors (Lipinski definition) is 7. The van der Waals surface area contributed by atoms with Gasteiger partial charge in [0.05, 0.1) is 11.4 Å². The fourth-order valence-corrected chi connectivity index (χ4v) is 3.69. The van der Waals surface area contributed by atoms with E-state index < -0.39 is 17.4 Å². The highest BCUT2D eigenvalue weighted by Gasteiger charge is 2.22. The molecule has 26 heavy (non-hydrogen) atoms. The van der Waals surface area contributed by atoms with Crippen molar-refractivity contribution in [3.63, 3.8) is 0 Å². The van der Waals surface area contributed by atoms with Crippen molar-refractivity contribution < 1.29 is 13.2 Å². The molecule has 0 bridgehead atoms. The molecule has 0 saturated heterocycles. The molecule has 0 fully saturated rings. The molecular formula is C16H14F3N5S2. The summed E-state index contributed by atoms with van der Waals surface area (Å²) in [5.74, 6) is 5.62. The van der Waals surface area contributed by atoms with Gasteiger partial charge >= 0.3 is 0 Å². The van der Waals surface area contributed by atoms with Crippen LogP contribution in [-0.4, -0.2) is 15.2 Å². The van der Waals surface area contributed by atoms with Crippen LogP contribution in [0.5, 0.6) is 0 Å². The lowest BCUT2D eigenvalue weighted by Gasteiger charge is -2.23. The minimum atomic E-state index is -2.75. The van der Waals surface area contributed by atoms with E-state index in [0.29, 0.717) is 22.0 Å². The number of benzene rings is 1. The molecule has 2 heterocycles. The standard InChI is InChI=1S/C16H14F3N5S2/c17-12-7-10(25-8-9-4-2-1-3-5-9)6-11(24(12)21)13(20)15-22-23-16(26-15)14(18)19/h1-7,14H,8,20-21H2/b13-11-. The molecule has 0 radical (unpaired) electrons. The summed E-state index contributed by atoms with van der Waals surface area (Å²) in [5, 5.41) is 7.38. The summed E-state index contributed by atoms with van der Waals surface area (Å²) in [6.45, 7) is 0. The number of allylic oxidation sites excluding steroid dienone is 2. The molecule has 0 saturated carbocycles. The fraction of sp³-hybridized carbons (Fsp3) is 0.125. The Bertz CT molecular complexity index is 877. The normalized spacial score (nSPS) is 16.6. The van der Waals surface area contributed by atoms with E-state index >= 15 is 0 Å². The van der Waals surface area contributed by atoms with E-state index in [4.69, 9.17) is 11.6 Å². The van der Waals surface area contributed by atoms with Crippen molar-refractivity contribution in [3.8, 4) is 0 Å². The van der Waals surface area contributed by atoms with Gasteiger partial charge in [-0.1, -0.05) is 41.7 Å². The Balaban J connectivity index is 1.86. The summed E-state index contributed by atoms with van der Waals surface area (Å²) >= 11 is 2.05. The summed E-state index contributed by atoms with van der Waals surface area (Å²) in [7, 11) is 0. The van der Waals surface area contributed by atoms with E-state index in [1.807, 2.05) is 30.3 Å². The molecule has 1 aromatic heterocycles. The van der Waals surface area contributed by atoms with Gasteiger partial charge in [0.25, 0.3) is 6.43 Å². The maximum atomic E-state index is 14.2. The zero-order chi connectivity index (χ0) is 18.7. The van der Waals surface area contributed by atoms with Gasteiger partial charge in [0.2, 0.25) is 5.95 Å². The van der Waals surface area contributed by atoms with Crippen LogP contribution >= 0.6 is 23.1 Å². The maximum absolute atomic E-state index is 14.2. The molecule has 0 amide bonds. The number of halogens is 3. The van der Waals surface area contributed by atoms with E-state index in [0.717, 1.165) is 10.6 Å². The van der Waals surface area contributed by atoms with Crippen molar-refractivity contribution in [1.29, 1.82) is 0 Å². The van der Waals surface area contributed by atoms with Crippen molar-refractivity contribution in [2.45, 2.75) is 12.2 Å². The monoisotopic (exact) mass is 397 g/mol. The third-order valence-electron chi connectivity index (χ3n) is 3.41. The summed E-state index contributed by atoms with van der Waals surface area (Å²) in [4.78, 5) is 0.601. The highest BCUT2D eigenvalue weighted by molar-refractivity contribution is 8.02. The van der Waals surface area contributed by atoms with Gasteiger partial charge in [-0.15, -0.1) is 22.0 Å². The van der Waals surface area contributed by atoms with Crippen molar-refractivity contribution >= 4 is 28.8 Å². The van der Waals surface area contributed by atoms with Gasteiger partial charge < -0.3 is 5.73 Å². The first-order valence-electron chi connectivity index (χ1n) is 7.38. The number of nitrogens with two attached hydrogens (primary N) is 2. The second-order valence-corrected chi connectivity index (χ2v) is 7.26. The molecule has 0 aliphatic carbocycles. The predicted octanol–water partition coefficient (Wildman–Crippen LogP) is 3.92. The Morgan fingerprint density at radius 3 is 2.58 bits per heavy atom. The van der Waals surface area contributed by atoms with Gasteiger partial charge in [-0.3, -0.25) is 5.01 Å². The molecule has 5 nitrogen and oxygen atoms in total. The van der Waals surface area contributed by atoms with Crippen molar-refractivity contribution in [1.82, 2.24) is 15.2 Å². The number of hydrogen-bond donors (Lipinski definition) is 2. The summed E-state index contributed by atoms with van der Waals surface area (Å²) < 4.78 is 39.5. The van der Waals surface area contributed by atoms with Gasteiger partial charge in [0.1, 0.15) is 0 Å². The van der Waals surface area contributed by atoms with Crippen LogP contribution in [0.25, 0.3) is 5.70 Å². The number of thioether (sulfide) groups is 1. The molecule has 136 valence electrons. The molecule has 1 aromatic carbocycles. The first-order valence-corrected chi connectivity index (χ1v) is 9.18. The number of aromatic nitrogens is 2. The SMILES string of the molecule is N/C(=C1/C=C(SCc2ccccc2)C=C(F)N1N)c1nnc(C(F)F)s1. The summed E-state index contributed by atoms with van der Waals surface area (Å²) in [5.41, 5.74) is 7.17. The second-order valence-electron chi connectivity index (χ2n) is 5.20. The molecule has 1 aliphatic heterocycles. The Labute approximate surface area is 155 Å². The van der Waals surface area contributed by atoms with Crippen LogP contribution in [-0.2, 0) is 5.75 Å². The number of alkyl halides is 2. The number of hydrazine groups is 1. The van der Waals surface area contributed by atoms with E-state index in [9.17, 15) is 13.2 Å². The van der Waals surface area contributed by atoms with Gasteiger partial charge in [0, 0.05) is 16.7 Å². The lowest BCUT2D eigenvalue weighted by molar-refractivity contribution is 0.150. The fourth-order valence-electron chi connectivity index (χ4n) is 2.12. The summed E-state index contributed by atoms with van der Waals surface area (Å²) in [6.07, 6.45) is 0.133. The Morgan fingerprint density at radius 1 is 1.19 bits per heavy atom. The van der Waals surface area contributed by atoms with Gasteiger partial charge in [-0.2, -0.15) is 4.39 Å². The van der Waals surface area contributed by atoms with E-state index in [2.05, 4.69) is 10.2 Å². The first-order chi connectivity index (χ1) is 12.5. The van der Waals surface area contributed by atoms with E-state index in [1.54, 1.807) is 6.08 Å². The molecule has 10 heteroatoms. The third kappa shape index (κ3) is 4.09. The molecule has 2 aromatic rings. The maximum Gasteiger partial charge on any atom is 0.291 e. The largest absolute Gasteiger partial charge is 0.394 e. The van der Waals surface area contributed by atoms with Crippen LogP contribution in [0.2, 0.25) is 0 Å². The number of nitrogens with zero attached hydrogens (tertiary/aromatic N) is 3. The quantitative estimate of drug-likeness (QED) is 0.588. The van der Waals surface area contributed by atoms with Crippen LogP contribution in [0.1, 0.15) is 22.0 Å². The Hall–Kier alpha value is -2.30. The van der Waals surface area contributed by atoms with Gasteiger partial charge in [-0.25, -0.2) is 14.6 Å². The minimum Gasteiger partial charge on any atom is -0.394 e. The molecule has 3 rings (SSSR count). The average Bonchev–Trinajstić information content (AvgIpc) is 3.13. The van der Waals surface area contributed by atoms with Gasteiger partial charge in [0.15, 0.2) is 10.0 Å². The van der Waals surface area contributed by atoms with Crippen LogP contribution < -0.4 is 11.6 Å². The third-order valence-corrected chi connectivity index (χ3v) is 5.42. The molecule has 0 spiro atoms. The predicted molar refractivity (Wildman–Crippen MR) is 97.0 cm³/mol. The number of rotatable bonds is 5. The van der Waals surface area contributed by atoms with Crippen molar-refractivity contribution in [2.75, 3.05) is 0 Å². The lowest BCUT2D eigenvalue weighted by atomic mass is 10.2. The average molecular weight is 397 g/mol. The van der Waals surface area contributed by atoms with Crippen LogP contribution in [0.3, 0.4) is 0 Å². The summed E-state index contributed by atoms with van der Waals surface area (Å²) in [6, 6.07) is 9.68. The Morgan fingerprint density at radius 2 is 1.92 bits per heavy atom. The van der Waals surface area contributed by atoms with Crippen LogP contribution in [0, 0.1) is 0 Å². The minimum absolute atomic E-state index is 0.0158. The van der Waals surface area contributed by atoms with Crippen LogP contribution in [0.15, 0.2) is 59.0 Å². The van der Waals surface area contributed by atoms with Crippen molar-refractivity contribution in [3.05, 3.63) is 74.6 Å².